The number of pyridine rings is 1. The van der Waals surface area contributed by atoms with Crippen LogP contribution in [-0.4, -0.2) is 37.2 Å². The minimum absolute atomic E-state index is 0.112. The lowest BCUT2D eigenvalue weighted by atomic mass is 9.91. The van der Waals surface area contributed by atoms with Crippen LogP contribution in [-0.2, 0) is 7.05 Å². The van der Waals surface area contributed by atoms with Gasteiger partial charge in [-0.05, 0) is 43.9 Å². The number of hydrogen-bond donors (Lipinski definition) is 2. The lowest BCUT2D eigenvalue weighted by Gasteiger charge is -2.30. The van der Waals surface area contributed by atoms with Gasteiger partial charge in [0.1, 0.15) is 22.9 Å². The molecule has 1 fully saturated rings. The van der Waals surface area contributed by atoms with E-state index < -0.39 is 6.43 Å². The molecule has 28 heavy (non-hydrogen) atoms. The summed E-state index contributed by atoms with van der Waals surface area (Å²) in [4.78, 5) is 16.3. The molecule has 9 heteroatoms. The van der Waals surface area contributed by atoms with Crippen LogP contribution >= 0.6 is 0 Å². The van der Waals surface area contributed by atoms with E-state index in [0.717, 1.165) is 31.5 Å². The van der Waals surface area contributed by atoms with E-state index in [9.17, 15) is 13.6 Å². The van der Waals surface area contributed by atoms with E-state index in [1.54, 1.807) is 40.5 Å². The van der Waals surface area contributed by atoms with Crippen molar-refractivity contribution >= 4 is 17.4 Å². The maximum Gasteiger partial charge on any atom is 0.281 e. The largest absolute Gasteiger partial charge is 0.368 e. The van der Waals surface area contributed by atoms with Crippen molar-refractivity contribution in [2.24, 2.45) is 7.05 Å². The zero-order valence-corrected chi connectivity index (χ0v) is 15.5. The number of carbonyl (C=O) groups is 1. The fourth-order valence-electron chi connectivity index (χ4n) is 3.70. The molecule has 0 bridgehead atoms. The summed E-state index contributed by atoms with van der Waals surface area (Å²) in [5.41, 5.74) is 0.815. The van der Waals surface area contributed by atoms with Crippen molar-refractivity contribution in [3.8, 4) is 0 Å². The standard InChI is InChI=1S/C19H22F2N6O/c1-26-15(9-10-22-26)19(28)24-13-7-5-12(6-8-13)23-16-3-2-4-17-25-14(18(20)21)11-27(16)17/h2-4,9-13,18,23H,5-8H2,1H3,(H,24,28). The van der Waals surface area contributed by atoms with Gasteiger partial charge in [-0.1, -0.05) is 6.07 Å². The summed E-state index contributed by atoms with van der Waals surface area (Å²) >= 11 is 0. The van der Waals surface area contributed by atoms with Gasteiger partial charge < -0.3 is 10.6 Å². The molecule has 0 spiro atoms. The molecule has 3 heterocycles. The van der Waals surface area contributed by atoms with Crippen LogP contribution in [0.4, 0.5) is 14.6 Å². The van der Waals surface area contributed by atoms with Crippen molar-refractivity contribution in [3.63, 3.8) is 0 Å². The summed E-state index contributed by atoms with van der Waals surface area (Å²) in [7, 11) is 1.74. The Labute approximate surface area is 160 Å². The molecule has 0 unspecified atom stereocenters. The number of aryl methyl sites for hydroxylation is 1. The average Bonchev–Trinajstić information content (AvgIpc) is 3.30. The van der Waals surface area contributed by atoms with E-state index in [-0.39, 0.29) is 23.7 Å². The maximum atomic E-state index is 12.9. The number of rotatable bonds is 5. The number of anilines is 1. The van der Waals surface area contributed by atoms with Gasteiger partial charge in [0.2, 0.25) is 0 Å². The summed E-state index contributed by atoms with van der Waals surface area (Å²) in [6.45, 7) is 0. The lowest BCUT2D eigenvalue weighted by molar-refractivity contribution is 0.0917. The maximum absolute atomic E-state index is 12.9. The second-order valence-corrected chi connectivity index (χ2v) is 7.11. The molecule has 0 radical (unpaired) electrons. The molecule has 0 aliphatic heterocycles. The topological polar surface area (TPSA) is 76.2 Å². The molecule has 0 aromatic carbocycles. The second kappa shape index (κ2) is 7.57. The van der Waals surface area contributed by atoms with Crippen LogP contribution < -0.4 is 10.6 Å². The Morgan fingerprint density at radius 1 is 1.18 bits per heavy atom. The van der Waals surface area contributed by atoms with E-state index in [1.165, 1.54) is 6.20 Å². The van der Waals surface area contributed by atoms with Crippen molar-refractivity contribution in [1.29, 1.82) is 0 Å². The van der Waals surface area contributed by atoms with Crippen molar-refractivity contribution < 1.29 is 13.6 Å². The SMILES string of the molecule is Cn1nccc1C(=O)NC1CCC(Nc2cccc3nc(C(F)F)cn23)CC1. The number of nitrogens with zero attached hydrogens (tertiary/aromatic N) is 4. The summed E-state index contributed by atoms with van der Waals surface area (Å²) in [6, 6.07) is 7.41. The first-order chi connectivity index (χ1) is 13.5. The minimum Gasteiger partial charge on any atom is -0.368 e. The third-order valence-electron chi connectivity index (χ3n) is 5.20. The number of carbonyl (C=O) groups excluding carboxylic acids is 1. The fraction of sp³-hybridized carbons (Fsp3) is 0.421. The number of aromatic nitrogens is 4. The molecule has 3 aromatic rings. The van der Waals surface area contributed by atoms with Crippen LogP contribution in [0.5, 0.6) is 0 Å². The van der Waals surface area contributed by atoms with E-state index in [4.69, 9.17) is 0 Å². The van der Waals surface area contributed by atoms with Crippen molar-refractivity contribution in [2.45, 2.75) is 44.2 Å². The van der Waals surface area contributed by atoms with Gasteiger partial charge in [-0.25, -0.2) is 13.8 Å². The first-order valence-electron chi connectivity index (χ1n) is 9.33. The highest BCUT2D eigenvalue weighted by atomic mass is 19.3. The van der Waals surface area contributed by atoms with E-state index in [1.807, 2.05) is 6.07 Å². The number of halogens is 2. The summed E-state index contributed by atoms with van der Waals surface area (Å²) in [6.07, 6.45) is 3.85. The van der Waals surface area contributed by atoms with Gasteiger partial charge >= 0.3 is 0 Å². The first kappa shape index (κ1) is 18.4. The van der Waals surface area contributed by atoms with Crippen LogP contribution in [0.15, 0.2) is 36.7 Å². The third kappa shape index (κ3) is 3.69. The average molecular weight is 388 g/mol. The molecular formula is C19H22F2N6O. The number of imidazole rings is 1. The quantitative estimate of drug-likeness (QED) is 0.704. The molecule has 0 atom stereocenters. The van der Waals surface area contributed by atoms with Crippen molar-refractivity contribution in [2.75, 3.05) is 5.32 Å². The van der Waals surface area contributed by atoms with E-state index in [2.05, 4.69) is 20.7 Å². The number of nitrogens with one attached hydrogen (secondary N) is 2. The molecule has 4 rings (SSSR count). The van der Waals surface area contributed by atoms with E-state index in [0.29, 0.717) is 11.3 Å². The number of fused-ring (bicyclic) bond motifs is 1. The van der Waals surface area contributed by atoms with Gasteiger partial charge in [0, 0.05) is 31.5 Å². The van der Waals surface area contributed by atoms with Crippen molar-refractivity contribution in [3.05, 3.63) is 48.0 Å². The van der Waals surface area contributed by atoms with E-state index >= 15 is 0 Å². The van der Waals surface area contributed by atoms with Crippen LogP contribution in [0, 0.1) is 0 Å². The highest BCUT2D eigenvalue weighted by Gasteiger charge is 2.24. The van der Waals surface area contributed by atoms with Gasteiger partial charge in [-0.15, -0.1) is 0 Å². The zero-order chi connectivity index (χ0) is 19.7. The highest BCUT2D eigenvalue weighted by Crippen LogP contribution is 2.25. The predicted molar refractivity (Wildman–Crippen MR) is 100 cm³/mol. The van der Waals surface area contributed by atoms with Crippen LogP contribution in [0.25, 0.3) is 5.65 Å². The normalized spacial score (nSPS) is 19.9. The molecule has 1 aliphatic rings. The third-order valence-corrected chi connectivity index (χ3v) is 5.20. The zero-order valence-electron chi connectivity index (χ0n) is 15.5. The van der Waals surface area contributed by atoms with Gasteiger partial charge in [-0.2, -0.15) is 5.10 Å². The second-order valence-electron chi connectivity index (χ2n) is 7.11. The Morgan fingerprint density at radius 2 is 1.93 bits per heavy atom. The van der Waals surface area contributed by atoms with Gasteiger partial charge in [0.25, 0.3) is 12.3 Å². The van der Waals surface area contributed by atoms with Gasteiger partial charge in [0.05, 0.1) is 0 Å². The minimum atomic E-state index is -2.59. The Morgan fingerprint density at radius 3 is 2.61 bits per heavy atom. The van der Waals surface area contributed by atoms with Crippen LogP contribution in [0.1, 0.15) is 48.3 Å². The number of alkyl halides is 2. The Bertz CT molecular complexity index is 974. The fourth-order valence-corrected chi connectivity index (χ4v) is 3.70. The Hall–Kier alpha value is -2.97. The molecule has 148 valence electrons. The van der Waals surface area contributed by atoms with Gasteiger partial charge in [-0.3, -0.25) is 13.9 Å². The summed E-state index contributed by atoms with van der Waals surface area (Å²) < 4.78 is 29.1. The van der Waals surface area contributed by atoms with Crippen molar-refractivity contribution in [1.82, 2.24) is 24.5 Å². The molecule has 3 aromatic heterocycles. The summed E-state index contributed by atoms with van der Waals surface area (Å²) in [5.74, 6) is 0.637. The van der Waals surface area contributed by atoms with Crippen LogP contribution in [0.3, 0.4) is 0 Å². The Kier molecular flexibility index (Phi) is 4.97. The predicted octanol–water partition coefficient (Wildman–Crippen LogP) is 3.16. The molecule has 1 saturated carbocycles. The number of hydrogen-bond acceptors (Lipinski definition) is 4. The monoisotopic (exact) mass is 388 g/mol. The van der Waals surface area contributed by atoms with Gasteiger partial charge in [0.15, 0.2) is 0 Å². The molecule has 7 nitrogen and oxygen atoms in total. The molecule has 1 aliphatic carbocycles. The molecule has 2 N–H and O–H groups in total. The smallest absolute Gasteiger partial charge is 0.281 e. The molecular weight excluding hydrogens is 366 g/mol. The number of amides is 1. The lowest BCUT2D eigenvalue weighted by Crippen LogP contribution is -2.40. The van der Waals surface area contributed by atoms with Crippen LogP contribution in [0.2, 0.25) is 0 Å². The summed E-state index contributed by atoms with van der Waals surface area (Å²) in [5, 5.41) is 10.5. The molecule has 1 amide bonds. The molecule has 0 saturated heterocycles. The first-order valence-corrected chi connectivity index (χ1v) is 9.33. The highest BCUT2D eigenvalue weighted by molar-refractivity contribution is 5.92. The Balaban J connectivity index is 1.36.